The fraction of sp³-hybridized carbons (Fsp3) is 0.100. The lowest BCUT2D eigenvalue weighted by Crippen LogP contribution is -2.02. The maximum Gasteiger partial charge on any atom is 0.231 e. The maximum atomic E-state index is 5.46. The van der Waals surface area contributed by atoms with Gasteiger partial charge in [0.1, 0.15) is 6.33 Å². The minimum absolute atomic E-state index is 0.201. The molecule has 16 heavy (non-hydrogen) atoms. The molecule has 6 heteroatoms. The van der Waals surface area contributed by atoms with E-state index in [-0.39, 0.29) is 5.95 Å². The zero-order valence-electron chi connectivity index (χ0n) is 8.61. The SMILES string of the molecule is Cc1cc(Br)ccc1Nc1ncnc(N)n1. The van der Waals surface area contributed by atoms with Gasteiger partial charge in [0, 0.05) is 10.2 Å². The first-order chi connectivity index (χ1) is 7.65. The van der Waals surface area contributed by atoms with Crippen molar-refractivity contribution in [2.24, 2.45) is 0 Å². The highest BCUT2D eigenvalue weighted by Crippen LogP contribution is 2.22. The van der Waals surface area contributed by atoms with E-state index in [0.717, 1.165) is 15.7 Å². The first-order valence-electron chi connectivity index (χ1n) is 4.63. The van der Waals surface area contributed by atoms with Crippen molar-refractivity contribution in [3.05, 3.63) is 34.6 Å². The number of rotatable bonds is 2. The molecule has 0 saturated carbocycles. The molecule has 0 fully saturated rings. The summed E-state index contributed by atoms with van der Waals surface area (Å²) in [4.78, 5) is 11.7. The molecule has 0 aliphatic heterocycles. The molecule has 0 atom stereocenters. The van der Waals surface area contributed by atoms with Crippen molar-refractivity contribution >= 4 is 33.5 Å². The highest BCUT2D eigenvalue weighted by atomic mass is 79.9. The van der Waals surface area contributed by atoms with Gasteiger partial charge in [-0.25, -0.2) is 9.97 Å². The monoisotopic (exact) mass is 279 g/mol. The second-order valence-electron chi connectivity index (χ2n) is 3.25. The van der Waals surface area contributed by atoms with Crippen LogP contribution in [0.1, 0.15) is 5.56 Å². The van der Waals surface area contributed by atoms with Crippen LogP contribution in [0.2, 0.25) is 0 Å². The molecule has 2 rings (SSSR count). The Hall–Kier alpha value is -1.69. The fourth-order valence-electron chi connectivity index (χ4n) is 1.26. The molecule has 5 nitrogen and oxygen atoms in total. The lowest BCUT2D eigenvalue weighted by Gasteiger charge is -2.07. The van der Waals surface area contributed by atoms with E-state index in [0.29, 0.717) is 5.95 Å². The standard InChI is InChI=1S/C10H10BrN5/c1-6-4-7(11)2-3-8(6)15-10-14-5-13-9(12)16-10/h2-5H,1H3,(H3,12,13,14,15,16). The Morgan fingerprint density at radius 2 is 2.12 bits per heavy atom. The van der Waals surface area contributed by atoms with Crippen LogP contribution in [-0.2, 0) is 0 Å². The molecule has 1 aromatic heterocycles. The first kappa shape index (κ1) is 10.8. The molecule has 2 aromatic rings. The van der Waals surface area contributed by atoms with E-state index in [1.54, 1.807) is 0 Å². The minimum atomic E-state index is 0.201. The average molecular weight is 280 g/mol. The number of aromatic nitrogens is 3. The van der Waals surface area contributed by atoms with Gasteiger partial charge in [-0.3, -0.25) is 0 Å². The Morgan fingerprint density at radius 3 is 2.81 bits per heavy atom. The van der Waals surface area contributed by atoms with E-state index in [1.807, 2.05) is 25.1 Å². The van der Waals surface area contributed by atoms with E-state index in [1.165, 1.54) is 6.33 Å². The molecule has 0 radical (unpaired) electrons. The van der Waals surface area contributed by atoms with Crippen molar-refractivity contribution in [1.82, 2.24) is 15.0 Å². The highest BCUT2D eigenvalue weighted by Gasteiger charge is 2.02. The zero-order valence-corrected chi connectivity index (χ0v) is 10.2. The number of hydrogen-bond donors (Lipinski definition) is 2. The third kappa shape index (κ3) is 2.46. The summed E-state index contributed by atoms with van der Waals surface area (Å²) in [6.07, 6.45) is 1.37. The predicted molar refractivity (Wildman–Crippen MR) is 66.4 cm³/mol. The molecule has 82 valence electrons. The fourth-order valence-corrected chi connectivity index (χ4v) is 1.73. The molecule has 0 spiro atoms. The maximum absolute atomic E-state index is 5.46. The largest absolute Gasteiger partial charge is 0.368 e. The topological polar surface area (TPSA) is 76.7 Å². The number of aryl methyl sites for hydroxylation is 1. The summed E-state index contributed by atoms with van der Waals surface area (Å²) < 4.78 is 1.03. The van der Waals surface area contributed by atoms with Gasteiger partial charge >= 0.3 is 0 Å². The molecule has 0 aliphatic rings. The number of nitrogens with one attached hydrogen (secondary N) is 1. The third-order valence-corrected chi connectivity index (χ3v) is 2.52. The predicted octanol–water partition coefficient (Wildman–Crippen LogP) is 2.27. The van der Waals surface area contributed by atoms with Gasteiger partial charge in [-0.1, -0.05) is 15.9 Å². The van der Waals surface area contributed by atoms with Crippen molar-refractivity contribution in [2.75, 3.05) is 11.1 Å². The van der Waals surface area contributed by atoms with Crippen LogP contribution in [-0.4, -0.2) is 15.0 Å². The normalized spacial score (nSPS) is 10.1. The number of nitrogens with zero attached hydrogens (tertiary/aromatic N) is 3. The van der Waals surface area contributed by atoms with Crippen LogP contribution in [0.4, 0.5) is 17.6 Å². The van der Waals surface area contributed by atoms with Gasteiger partial charge in [0.2, 0.25) is 11.9 Å². The summed E-state index contributed by atoms with van der Waals surface area (Å²) in [6, 6.07) is 5.89. The molecule has 1 heterocycles. The van der Waals surface area contributed by atoms with Crippen LogP contribution in [0.25, 0.3) is 0 Å². The second kappa shape index (κ2) is 4.44. The van der Waals surface area contributed by atoms with Crippen molar-refractivity contribution in [3.63, 3.8) is 0 Å². The second-order valence-corrected chi connectivity index (χ2v) is 4.17. The number of nitrogens with two attached hydrogens (primary N) is 1. The molecule has 1 aromatic carbocycles. The zero-order chi connectivity index (χ0) is 11.5. The molecular weight excluding hydrogens is 270 g/mol. The van der Waals surface area contributed by atoms with Crippen molar-refractivity contribution in [3.8, 4) is 0 Å². The summed E-state index contributed by atoms with van der Waals surface area (Å²) in [5.41, 5.74) is 7.49. The molecule has 0 aliphatic carbocycles. The Kier molecular flexibility index (Phi) is 3.00. The minimum Gasteiger partial charge on any atom is -0.368 e. The summed E-state index contributed by atoms with van der Waals surface area (Å²) >= 11 is 3.40. The van der Waals surface area contributed by atoms with E-state index in [2.05, 4.69) is 36.2 Å². The van der Waals surface area contributed by atoms with Gasteiger partial charge in [-0.05, 0) is 30.7 Å². The molecule has 0 unspecified atom stereocenters. The molecule has 0 amide bonds. The van der Waals surface area contributed by atoms with Crippen LogP contribution in [0.15, 0.2) is 29.0 Å². The van der Waals surface area contributed by atoms with Crippen molar-refractivity contribution in [2.45, 2.75) is 6.92 Å². The third-order valence-electron chi connectivity index (χ3n) is 2.03. The Labute approximate surface area is 101 Å². The summed E-state index contributed by atoms with van der Waals surface area (Å²) in [7, 11) is 0. The lowest BCUT2D eigenvalue weighted by atomic mass is 10.2. The molecule has 0 bridgehead atoms. The van der Waals surface area contributed by atoms with E-state index in [9.17, 15) is 0 Å². The smallest absolute Gasteiger partial charge is 0.231 e. The van der Waals surface area contributed by atoms with Crippen LogP contribution in [0.5, 0.6) is 0 Å². The van der Waals surface area contributed by atoms with Gasteiger partial charge in [0.05, 0.1) is 0 Å². The van der Waals surface area contributed by atoms with Gasteiger partial charge < -0.3 is 11.1 Å². The van der Waals surface area contributed by atoms with Crippen LogP contribution in [0.3, 0.4) is 0 Å². The summed E-state index contributed by atoms with van der Waals surface area (Å²) in [5, 5.41) is 3.08. The highest BCUT2D eigenvalue weighted by molar-refractivity contribution is 9.10. The molecular formula is C10H10BrN5. The number of benzene rings is 1. The number of nitrogen functional groups attached to an aromatic ring is 1. The van der Waals surface area contributed by atoms with Gasteiger partial charge in [-0.15, -0.1) is 0 Å². The number of anilines is 3. The van der Waals surface area contributed by atoms with Crippen LogP contribution < -0.4 is 11.1 Å². The summed E-state index contributed by atoms with van der Waals surface area (Å²) in [5.74, 6) is 0.644. The molecule has 0 saturated heterocycles. The van der Waals surface area contributed by atoms with Crippen molar-refractivity contribution < 1.29 is 0 Å². The van der Waals surface area contributed by atoms with Gasteiger partial charge in [0.15, 0.2) is 0 Å². The van der Waals surface area contributed by atoms with Crippen LogP contribution in [0, 0.1) is 6.92 Å². The first-order valence-corrected chi connectivity index (χ1v) is 5.42. The van der Waals surface area contributed by atoms with Crippen LogP contribution >= 0.6 is 15.9 Å². The number of hydrogen-bond acceptors (Lipinski definition) is 5. The Morgan fingerprint density at radius 1 is 1.31 bits per heavy atom. The van der Waals surface area contributed by atoms with Gasteiger partial charge in [0.25, 0.3) is 0 Å². The Balaban J connectivity index is 2.27. The lowest BCUT2D eigenvalue weighted by molar-refractivity contribution is 1.07. The number of halogens is 1. The van der Waals surface area contributed by atoms with Gasteiger partial charge in [-0.2, -0.15) is 4.98 Å². The summed E-state index contributed by atoms with van der Waals surface area (Å²) in [6.45, 7) is 2.00. The quantitative estimate of drug-likeness (QED) is 0.882. The average Bonchev–Trinajstić information content (AvgIpc) is 2.22. The van der Waals surface area contributed by atoms with E-state index < -0.39 is 0 Å². The molecule has 3 N–H and O–H groups in total. The van der Waals surface area contributed by atoms with Crippen molar-refractivity contribution in [1.29, 1.82) is 0 Å². The Bertz CT molecular complexity index is 514. The van der Waals surface area contributed by atoms with E-state index >= 15 is 0 Å². The van der Waals surface area contributed by atoms with E-state index in [4.69, 9.17) is 5.73 Å².